The number of amides is 1. The van der Waals surface area contributed by atoms with Crippen LogP contribution in [-0.2, 0) is 16.1 Å². The van der Waals surface area contributed by atoms with E-state index in [2.05, 4.69) is 21.9 Å². The van der Waals surface area contributed by atoms with Crippen LogP contribution in [0.4, 0.5) is 0 Å². The van der Waals surface area contributed by atoms with Crippen molar-refractivity contribution in [3.05, 3.63) is 35.9 Å². The van der Waals surface area contributed by atoms with Crippen molar-refractivity contribution in [2.45, 2.75) is 38.3 Å². The number of nitrogens with zero attached hydrogens (tertiary/aromatic N) is 3. The van der Waals surface area contributed by atoms with E-state index >= 15 is 0 Å². The van der Waals surface area contributed by atoms with Crippen molar-refractivity contribution in [3.63, 3.8) is 0 Å². The van der Waals surface area contributed by atoms with Crippen LogP contribution in [0.15, 0.2) is 30.3 Å². The first-order valence-electron chi connectivity index (χ1n) is 10.0. The molecule has 0 aromatic heterocycles. The van der Waals surface area contributed by atoms with Crippen molar-refractivity contribution in [3.8, 4) is 0 Å². The maximum absolute atomic E-state index is 12.8. The second kappa shape index (κ2) is 10.0. The summed E-state index contributed by atoms with van der Waals surface area (Å²) in [6.45, 7) is 6.88. The summed E-state index contributed by atoms with van der Waals surface area (Å²) in [6, 6.07) is 10.3. The van der Waals surface area contributed by atoms with Gasteiger partial charge in [-0.3, -0.25) is 9.69 Å². The Morgan fingerprint density at radius 2 is 1.88 bits per heavy atom. The van der Waals surface area contributed by atoms with E-state index in [1.807, 2.05) is 30.1 Å². The Bertz CT molecular complexity index is 545. The summed E-state index contributed by atoms with van der Waals surface area (Å²) in [5.74, 6) is 0.220. The van der Waals surface area contributed by atoms with Crippen molar-refractivity contribution < 1.29 is 9.53 Å². The van der Waals surface area contributed by atoms with Gasteiger partial charge in [0.05, 0.1) is 12.6 Å². The van der Waals surface area contributed by atoms with Crippen LogP contribution >= 0.6 is 0 Å². The molecule has 0 N–H and O–H groups in total. The zero-order valence-corrected chi connectivity index (χ0v) is 16.1. The number of carbonyl (C=O) groups excluding carboxylic acids is 1. The maximum Gasteiger partial charge on any atom is 0.236 e. The highest BCUT2D eigenvalue weighted by molar-refractivity contribution is 5.78. The minimum atomic E-state index is 0.152. The van der Waals surface area contributed by atoms with Gasteiger partial charge in [-0.25, -0.2) is 0 Å². The van der Waals surface area contributed by atoms with Crippen molar-refractivity contribution in [1.29, 1.82) is 0 Å². The molecule has 1 atom stereocenters. The molecular formula is C21H33N3O2. The molecule has 0 radical (unpaired) electrons. The topological polar surface area (TPSA) is 36.0 Å². The van der Waals surface area contributed by atoms with E-state index in [0.29, 0.717) is 6.54 Å². The third-order valence-corrected chi connectivity index (χ3v) is 5.31. The van der Waals surface area contributed by atoms with Crippen LogP contribution in [-0.4, -0.2) is 79.6 Å². The molecule has 1 aromatic rings. The van der Waals surface area contributed by atoms with E-state index in [-0.39, 0.29) is 12.0 Å². The highest BCUT2D eigenvalue weighted by Gasteiger charge is 2.25. The lowest BCUT2D eigenvalue weighted by Crippen LogP contribution is -2.46. The van der Waals surface area contributed by atoms with Crippen molar-refractivity contribution in [2.24, 2.45) is 0 Å². The molecule has 0 saturated carbocycles. The van der Waals surface area contributed by atoms with Gasteiger partial charge in [0.25, 0.3) is 0 Å². The Labute approximate surface area is 157 Å². The summed E-state index contributed by atoms with van der Waals surface area (Å²) in [5, 5.41) is 0. The first kappa shape index (κ1) is 19.3. The fourth-order valence-corrected chi connectivity index (χ4v) is 3.94. The number of hydrogen-bond donors (Lipinski definition) is 0. The molecule has 1 unspecified atom stereocenters. The summed E-state index contributed by atoms with van der Waals surface area (Å²) in [4.78, 5) is 19.4. The standard InChI is InChI=1S/C21H33N3O2/c1-22(15-19-9-4-2-5-10-19)18-21(25)24-13-8-14-26-20(17-24)16-23-11-6-3-7-12-23/h2,4-5,9-10,20H,3,6-8,11-18H2,1H3. The van der Waals surface area contributed by atoms with Crippen molar-refractivity contribution >= 4 is 5.91 Å². The molecule has 0 spiro atoms. The molecule has 1 aromatic carbocycles. The second-order valence-electron chi connectivity index (χ2n) is 7.71. The normalized spacial score (nSPS) is 22.4. The summed E-state index contributed by atoms with van der Waals surface area (Å²) < 4.78 is 6.04. The fraction of sp³-hybridized carbons (Fsp3) is 0.667. The zero-order valence-electron chi connectivity index (χ0n) is 16.1. The third kappa shape index (κ3) is 6.08. The van der Waals surface area contributed by atoms with Gasteiger partial charge >= 0.3 is 0 Å². The predicted molar refractivity (Wildman–Crippen MR) is 104 cm³/mol. The SMILES string of the molecule is CN(CC(=O)N1CCCOC(CN2CCCCC2)C1)Cc1ccccc1. The summed E-state index contributed by atoms with van der Waals surface area (Å²) in [6.07, 6.45) is 5.02. The predicted octanol–water partition coefficient (Wildman–Crippen LogP) is 2.22. The zero-order chi connectivity index (χ0) is 18.2. The van der Waals surface area contributed by atoms with Gasteiger partial charge in [-0.15, -0.1) is 0 Å². The smallest absolute Gasteiger partial charge is 0.236 e. The summed E-state index contributed by atoms with van der Waals surface area (Å²) in [5.41, 5.74) is 1.24. The van der Waals surface area contributed by atoms with Gasteiger partial charge in [0.2, 0.25) is 5.91 Å². The van der Waals surface area contributed by atoms with E-state index in [4.69, 9.17) is 4.74 Å². The Balaban J connectivity index is 1.48. The molecule has 2 heterocycles. The van der Waals surface area contributed by atoms with Crippen LogP contribution in [0, 0.1) is 0 Å². The lowest BCUT2D eigenvalue weighted by atomic mass is 10.1. The van der Waals surface area contributed by atoms with Gasteiger partial charge in [0.1, 0.15) is 0 Å². The molecule has 1 amide bonds. The van der Waals surface area contributed by atoms with E-state index in [0.717, 1.165) is 39.2 Å². The Kier molecular flexibility index (Phi) is 7.47. The quantitative estimate of drug-likeness (QED) is 0.780. The minimum Gasteiger partial charge on any atom is -0.375 e. The summed E-state index contributed by atoms with van der Waals surface area (Å²) >= 11 is 0. The Hall–Kier alpha value is -1.43. The minimum absolute atomic E-state index is 0.152. The van der Waals surface area contributed by atoms with Crippen LogP contribution in [0.3, 0.4) is 0 Å². The Morgan fingerprint density at radius 1 is 1.12 bits per heavy atom. The van der Waals surface area contributed by atoms with E-state index in [9.17, 15) is 4.79 Å². The fourth-order valence-electron chi connectivity index (χ4n) is 3.94. The van der Waals surface area contributed by atoms with Crippen LogP contribution < -0.4 is 0 Å². The largest absolute Gasteiger partial charge is 0.375 e. The lowest BCUT2D eigenvalue weighted by Gasteiger charge is -2.32. The lowest BCUT2D eigenvalue weighted by molar-refractivity contribution is -0.133. The van der Waals surface area contributed by atoms with Gasteiger partial charge in [0.15, 0.2) is 0 Å². The number of carbonyl (C=O) groups is 1. The first-order chi connectivity index (χ1) is 12.7. The Morgan fingerprint density at radius 3 is 2.65 bits per heavy atom. The first-order valence-corrected chi connectivity index (χ1v) is 10.0. The van der Waals surface area contributed by atoms with Gasteiger partial charge in [0, 0.05) is 32.8 Å². The molecule has 2 fully saturated rings. The van der Waals surface area contributed by atoms with E-state index in [1.165, 1.54) is 37.9 Å². The van der Waals surface area contributed by atoms with E-state index < -0.39 is 0 Å². The number of rotatable bonds is 6. The van der Waals surface area contributed by atoms with Crippen LogP contribution in [0.1, 0.15) is 31.2 Å². The van der Waals surface area contributed by atoms with Gasteiger partial charge in [-0.05, 0) is 45.0 Å². The molecule has 3 rings (SSSR count). The number of likely N-dealkylation sites (N-methyl/N-ethyl adjacent to an activating group) is 1. The van der Waals surface area contributed by atoms with Gasteiger partial charge in [-0.2, -0.15) is 0 Å². The second-order valence-corrected chi connectivity index (χ2v) is 7.71. The van der Waals surface area contributed by atoms with Crippen LogP contribution in [0.2, 0.25) is 0 Å². The van der Waals surface area contributed by atoms with E-state index in [1.54, 1.807) is 0 Å². The van der Waals surface area contributed by atoms with Crippen molar-refractivity contribution in [1.82, 2.24) is 14.7 Å². The molecule has 5 nitrogen and oxygen atoms in total. The molecule has 26 heavy (non-hydrogen) atoms. The average Bonchev–Trinajstić information content (AvgIpc) is 2.89. The number of benzene rings is 1. The molecule has 0 bridgehead atoms. The molecule has 2 aliphatic rings. The number of piperidine rings is 1. The molecule has 5 heteroatoms. The highest BCUT2D eigenvalue weighted by atomic mass is 16.5. The molecule has 2 aliphatic heterocycles. The number of likely N-dealkylation sites (tertiary alicyclic amines) is 1. The van der Waals surface area contributed by atoms with Gasteiger partial charge < -0.3 is 14.5 Å². The third-order valence-electron chi connectivity index (χ3n) is 5.31. The monoisotopic (exact) mass is 359 g/mol. The molecule has 144 valence electrons. The molecular weight excluding hydrogens is 326 g/mol. The maximum atomic E-state index is 12.8. The number of ether oxygens (including phenoxy) is 1. The molecule has 2 saturated heterocycles. The van der Waals surface area contributed by atoms with Crippen LogP contribution in [0.25, 0.3) is 0 Å². The molecule has 0 aliphatic carbocycles. The number of hydrogen-bond acceptors (Lipinski definition) is 4. The highest BCUT2D eigenvalue weighted by Crippen LogP contribution is 2.13. The van der Waals surface area contributed by atoms with Crippen LogP contribution in [0.5, 0.6) is 0 Å². The van der Waals surface area contributed by atoms with Gasteiger partial charge in [-0.1, -0.05) is 36.8 Å². The van der Waals surface area contributed by atoms with Crippen molar-refractivity contribution in [2.75, 3.05) is 52.9 Å². The average molecular weight is 360 g/mol. The summed E-state index contributed by atoms with van der Waals surface area (Å²) in [7, 11) is 2.02.